The highest BCUT2D eigenvalue weighted by molar-refractivity contribution is 6.30. The van der Waals surface area contributed by atoms with Crippen molar-refractivity contribution in [3.8, 4) is 11.5 Å². The average molecular weight is 323 g/mol. The topological polar surface area (TPSA) is 9.23 Å². The van der Waals surface area contributed by atoms with Gasteiger partial charge in [0.05, 0.1) is 5.88 Å². The van der Waals surface area contributed by atoms with Crippen LogP contribution in [-0.2, 0) is 11.3 Å². The number of hydrogen-bond donors (Lipinski definition) is 0. The second-order valence-electron chi connectivity index (χ2n) is 5.75. The second kappa shape index (κ2) is 6.72. The molecule has 0 unspecified atom stereocenters. The number of halogens is 2. The van der Waals surface area contributed by atoms with E-state index >= 15 is 0 Å². The minimum Gasteiger partial charge on any atom is -0.457 e. The molecular formula is C18H20Cl2O. The molecule has 1 nitrogen and oxygen atoms in total. The lowest BCUT2D eigenvalue weighted by Crippen LogP contribution is -2.14. The van der Waals surface area contributed by atoms with E-state index in [1.165, 1.54) is 5.56 Å². The van der Waals surface area contributed by atoms with E-state index in [0.29, 0.717) is 16.7 Å². The molecule has 0 aliphatic carbocycles. The maximum absolute atomic E-state index is 6.02. The minimum atomic E-state index is 0.176. The van der Waals surface area contributed by atoms with E-state index < -0.39 is 0 Å². The summed E-state index contributed by atoms with van der Waals surface area (Å²) in [6.07, 6.45) is 1.10. The first-order valence-electron chi connectivity index (χ1n) is 7.09. The molecule has 0 spiro atoms. The third-order valence-corrected chi connectivity index (χ3v) is 4.44. The van der Waals surface area contributed by atoms with Crippen LogP contribution in [0.2, 0.25) is 5.02 Å². The summed E-state index contributed by atoms with van der Waals surface area (Å²) in [7, 11) is 0. The molecule has 0 radical (unpaired) electrons. The predicted molar refractivity (Wildman–Crippen MR) is 90.8 cm³/mol. The molecule has 2 aromatic carbocycles. The zero-order valence-electron chi connectivity index (χ0n) is 12.6. The Labute approximate surface area is 136 Å². The van der Waals surface area contributed by atoms with Crippen LogP contribution in [-0.4, -0.2) is 0 Å². The molecule has 2 aromatic rings. The van der Waals surface area contributed by atoms with Crippen LogP contribution in [0.25, 0.3) is 0 Å². The summed E-state index contributed by atoms with van der Waals surface area (Å²) in [5.74, 6) is 1.90. The van der Waals surface area contributed by atoms with Gasteiger partial charge in [-0.25, -0.2) is 0 Å². The summed E-state index contributed by atoms with van der Waals surface area (Å²) >= 11 is 12.0. The number of alkyl halides is 1. The Morgan fingerprint density at radius 2 is 1.71 bits per heavy atom. The van der Waals surface area contributed by atoms with Gasteiger partial charge in [-0.1, -0.05) is 50.6 Å². The molecule has 0 bridgehead atoms. The fourth-order valence-electron chi connectivity index (χ4n) is 2.04. The normalized spacial score (nSPS) is 11.5. The van der Waals surface area contributed by atoms with E-state index in [9.17, 15) is 0 Å². The van der Waals surface area contributed by atoms with Gasteiger partial charge in [0.1, 0.15) is 11.5 Å². The number of hydrogen-bond acceptors (Lipinski definition) is 1. The number of ether oxygens (including phenoxy) is 1. The lowest BCUT2D eigenvalue weighted by molar-refractivity contribution is 0.474. The van der Waals surface area contributed by atoms with Crippen LogP contribution in [0.3, 0.4) is 0 Å². The smallest absolute Gasteiger partial charge is 0.133 e. The van der Waals surface area contributed by atoms with Gasteiger partial charge in [-0.3, -0.25) is 0 Å². The van der Waals surface area contributed by atoms with Crippen molar-refractivity contribution in [2.45, 2.75) is 38.5 Å². The zero-order chi connectivity index (χ0) is 15.5. The van der Waals surface area contributed by atoms with Crippen LogP contribution in [0, 0.1) is 0 Å². The van der Waals surface area contributed by atoms with Gasteiger partial charge in [0.25, 0.3) is 0 Å². The van der Waals surface area contributed by atoms with Gasteiger partial charge in [-0.15, -0.1) is 11.6 Å². The fourth-order valence-corrected chi connectivity index (χ4v) is 2.42. The quantitative estimate of drug-likeness (QED) is 0.566. The molecular weight excluding hydrogens is 303 g/mol. The standard InChI is InChI=1S/C18H20Cl2O/c1-4-18(2,3)14-6-9-16(10-7-14)21-17-11-15(20)8-5-13(17)12-19/h5-11H,4,12H2,1-3H3. The van der Waals surface area contributed by atoms with E-state index in [1.54, 1.807) is 6.07 Å². The van der Waals surface area contributed by atoms with Crippen LogP contribution in [0.1, 0.15) is 38.3 Å². The Morgan fingerprint density at radius 1 is 1.05 bits per heavy atom. The van der Waals surface area contributed by atoms with Crippen LogP contribution in [0.15, 0.2) is 42.5 Å². The summed E-state index contributed by atoms with van der Waals surface area (Å²) in [5, 5.41) is 0.641. The molecule has 0 atom stereocenters. The molecule has 21 heavy (non-hydrogen) atoms. The van der Waals surface area contributed by atoms with Crippen molar-refractivity contribution < 1.29 is 4.74 Å². The number of benzene rings is 2. The minimum absolute atomic E-state index is 0.176. The van der Waals surface area contributed by atoms with Crippen molar-refractivity contribution in [3.05, 3.63) is 58.6 Å². The molecule has 2 rings (SSSR count). The lowest BCUT2D eigenvalue weighted by atomic mass is 9.82. The maximum Gasteiger partial charge on any atom is 0.133 e. The Kier molecular flexibility index (Phi) is 5.18. The molecule has 0 saturated carbocycles. The van der Waals surface area contributed by atoms with Gasteiger partial charge in [-0.05, 0) is 41.7 Å². The van der Waals surface area contributed by atoms with Crippen molar-refractivity contribution in [3.63, 3.8) is 0 Å². The zero-order valence-corrected chi connectivity index (χ0v) is 14.1. The van der Waals surface area contributed by atoms with Crippen LogP contribution in [0.5, 0.6) is 11.5 Å². The Balaban J connectivity index is 2.23. The van der Waals surface area contributed by atoms with Gasteiger partial charge >= 0.3 is 0 Å². The first-order valence-corrected chi connectivity index (χ1v) is 8.00. The highest BCUT2D eigenvalue weighted by atomic mass is 35.5. The Bertz CT molecular complexity index is 603. The molecule has 0 heterocycles. The van der Waals surface area contributed by atoms with Gasteiger partial charge in [0.15, 0.2) is 0 Å². The summed E-state index contributed by atoms with van der Waals surface area (Å²) in [5.41, 5.74) is 2.41. The summed E-state index contributed by atoms with van der Waals surface area (Å²) < 4.78 is 5.91. The van der Waals surface area contributed by atoms with Gasteiger partial charge in [0, 0.05) is 10.6 Å². The molecule has 0 aliphatic heterocycles. The summed E-state index contributed by atoms with van der Waals surface area (Å²) in [6.45, 7) is 6.68. The van der Waals surface area contributed by atoms with Crippen LogP contribution >= 0.6 is 23.2 Å². The van der Waals surface area contributed by atoms with Crippen molar-refractivity contribution in [1.82, 2.24) is 0 Å². The van der Waals surface area contributed by atoms with E-state index in [-0.39, 0.29) is 5.41 Å². The van der Waals surface area contributed by atoms with Gasteiger partial charge in [-0.2, -0.15) is 0 Å². The van der Waals surface area contributed by atoms with E-state index in [1.807, 2.05) is 24.3 Å². The predicted octanol–water partition coefficient (Wildman–Crippen LogP) is 6.56. The van der Waals surface area contributed by atoms with Crippen molar-refractivity contribution in [2.24, 2.45) is 0 Å². The molecule has 3 heteroatoms. The summed E-state index contributed by atoms with van der Waals surface area (Å²) in [6, 6.07) is 13.7. The first-order chi connectivity index (χ1) is 9.96. The average Bonchev–Trinajstić information content (AvgIpc) is 2.48. The lowest BCUT2D eigenvalue weighted by Gasteiger charge is -2.23. The largest absolute Gasteiger partial charge is 0.457 e. The monoisotopic (exact) mass is 322 g/mol. The number of rotatable bonds is 5. The molecule has 0 N–H and O–H groups in total. The molecule has 112 valence electrons. The first kappa shape index (κ1) is 16.2. The molecule has 0 aliphatic rings. The Morgan fingerprint density at radius 3 is 2.29 bits per heavy atom. The van der Waals surface area contributed by atoms with Crippen molar-refractivity contribution in [1.29, 1.82) is 0 Å². The Hall–Kier alpha value is -1.18. The van der Waals surface area contributed by atoms with Crippen LogP contribution in [0.4, 0.5) is 0 Å². The van der Waals surface area contributed by atoms with Crippen LogP contribution < -0.4 is 4.74 Å². The van der Waals surface area contributed by atoms with Gasteiger partial charge in [0.2, 0.25) is 0 Å². The summed E-state index contributed by atoms with van der Waals surface area (Å²) in [4.78, 5) is 0. The fraction of sp³-hybridized carbons (Fsp3) is 0.333. The van der Waals surface area contributed by atoms with Crippen molar-refractivity contribution in [2.75, 3.05) is 0 Å². The SMILES string of the molecule is CCC(C)(C)c1ccc(Oc2cc(Cl)ccc2CCl)cc1. The third kappa shape index (κ3) is 3.93. The van der Waals surface area contributed by atoms with Gasteiger partial charge < -0.3 is 4.74 Å². The third-order valence-electron chi connectivity index (χ3n) is 3.92. The van der Waals surface area contributed by atoms with E-state index in [4.69, 9.17) is 27.9 Å². The molecule has 0 aromatic heterocycles. The molecule has 0 fully saturated rings. The van der Waals surface area contributed by atoms with E-state index in [2.05, 4.69) is 32.9 Å². The van der Waals surface area contributed by atoms with Crippen molar-refractivity contribution >= 4 is 23.2 Å². The highest BCUT2D eigenvalue weighted by Crippen LogP contribution is 2.32. The maximum atomic E-state index is 6.02. The highest BCUT2D eigenvalue weighted by Gasteiger charge is 2.17. The molecule has 0 saturated heterocycles. The van der Waals surface area contributed by atoms with E-state index in [0.717, 1.165) is 17.7 Å². The second-order valence-corrected chi connectivity index (χ2v) is 6.45. The molecule has 0 amide bonds.